The molecule has 1 atom stereocenters. The third-order valence-corrected chi connectivity index (χ3v) is 5.38. The number of nitrogens with one attached hydrogen (secondary N) is 2. The third-order valence-electron chi connectivity index (χ3n) is 5.38. The van der Waals surface area contributed by atoms with Crippen molar-refractivity contribution in [3.63, 3.8) is 0 Å². The lowest BCUT2D eigenvalue weighted by molar-refractivity contribution is 0.107. The molecule has 0 bridgehead atoms. The van der Waals surface area contributed by atoms with E-state index in [0.29, 0.717) is 18.0 Å². The molecule has 116 valence electrons. The van der Waals surface area contributed by atoms with Crippen molar-refractivity contribution >= 4 is 0 Å². The number of aliphatic hydroxyl groups is 1. The Morgan fingerprint density at radius 1 is 1.29 bits per heavy atom. The molecule has 1 aromatic heterocycles. The van der Waals surface area contributed by atoms with Gasteiger partial charge in [0.15, 0.2) is 0 Å². The van der Waals surface area contributed by atoms with Gasteiger partial charge >= 0.3 is 0 Å². The monoisotopic (exact) mass is 289 g/mol. The highest BCUT2D eigenvalue weighted by molar-refractivity contribution is 5.12. The van der Waals surface area contributed by atoms with Crippen molar-refractivity contribution in [2.75, 3.05) is 19.6 Å². The Kier molecular flexibility index (Phi) is 4.88. The first kappa shape index (κ1) is 14.9. The maximum atomic E-state index is 10.2. The van der Waals surface area contributed by atoms with Crippen LogP contribution < -0.4 is 10.6 Å². The molecule has 4 nitrogen and oxygen atoms in total. The van der Waals surface area contributed by atoms with E-state index >= 15 is 0 Å². The van der Waals surface area contributed by atoms with Crippen molar-refractivity contribution in [3.8, 4) is 0 Å². The Hall–Kier alpha value is -0.970. The van der Waals surface area contributed by atoms with Crippen LogP contribution in [-0.2, 0) is 0 Å². The van der Waals surface area contributed by atoms with Gasteiger partial charge in [-0.3, -0.25) is 4.98 Å². The number of aliphatic hydroxyl groups excluding tert-OH is 1. The zero-order valence-corrected chi connectivity index (χ0v) is 12.7. The van der Waals surface area contributed by atoms with Crippen LogP contribution in [0.5, 0.6) is 0 Å². The Labute approximate surface area is 127 Å². The van der Waals surface area contributed by atoms with E-state index in [0.717, 1.165) is 5.56 Å². The Balaban J connectivity index is 1.43. The number of aromatic nitrogens is 1. The van der Waals surface area contributed by atoms with Crippen molar-refractivity contribution in [3.05, 3.63) is 30.1 Å². The van der Waals surface area contributed by atoms with Gasteiger partial charge in [0.05, 0.1) is 6.10 Å². The summed E-state index contributed by atoms with van der Waals surface area (Å²) in [5, 5.41) is 17.2. The number of pyridine rings is 1. The molecular weight excluding hydrogens is 262 g/mol. The van der Waals surface area contributed by atoms with E-state index in [4.69, 9.17) is 0 Å². The summed E-state index contributed by atoms with van der Waals surface area (Å²) in [5.74, 6) is 0. The molecule has 1 saturated carbocycles. The first-order chi connectivity index (χ1) is 10.3. The molecule has 2 aliphatic rings. The normalized spacial score (nSPS) is 24.0. The van der Waals surface area contributed by atoms with Gasteiger partial charge in [-0.15, -0.1) is 0 Å². The van der Waals surface area contributed by atoms with Crippen molar-refractivity contribution < 1.29 is 5.11 Å². The first-order valence-electron chi connectivity index (χ1n) is 8.30. The van der Waals surface area contributed by atoms with E-state index in [9.17, 15) is 5.11 Å². The largest absolute Gasteiger partial charge is 0.387 e. The summed E-state index contributed by atoms with van der Waals surface area (Å²) in [6.45, 7) is 3.01. The van der Waals surface area contributed by atoms with E-state index in [-0.39, 0.29) is 0 Å². The second-order valence-electron chi connectivity index (χ2n) is 6.73. The molecule has 0 unspecified atom stereocenters. The van der Waals surface area contributed by atoms with Gasteiger partial charge in [0, 0.05) is 30.5 Å². The molecular formula is C17H27N3O. The van der Waals surface area contributed by atoms with E-state index in [1.165, 1.54) is 51.6 Å². The molecule has 21 heavy (non-hydrogen) atoms. The zero-order valence-electron chi connectivity index (χ0n) is 12.7. The SMILES string of the molecule is O[C@@H](CNC1CCC2(CCNCC2)CC1)c1cccnc1. The lowest BCUT2D eigenvalue weighted by Crippen LogP contribution is -2.43. The number of nitrogens with zero attached hydrogens (tertiary/aromatic N) is 1. The zero-order chi connectivity index (χ0) is 14.5. The van der Waals surface area contributed by atoms with Crippen LogP contribution in [0.15, 0.2) is 24.5 Å². The fraction of sp³-hybridized carbons (Fsp3) is 0.706. The van der Waals surface area contributed by atoms with Gasteiger partial charge in [0.1, 0.15) is 0 Å². The van der Waals surface area contributed by atoms with E-state index in [1.54, 1.807) is 12.4 Å². The summed E-state index contributed by atoms with van der Waals surface area (Å²) in [7, 11) is 0. The fourth-order valence-electron chi connectivity index (χ4n) is 3.86. The predicted molar refractivity (Wildman–Crippen MR) is 84.0 cm³/mol. The maximum absolute atomic E-state index is 10.2. The minimum absolute atomic E-state index is 0.450. The van der Waals surface area contributed by atoms with Gasteiger partial charge in [0.2, 0.25) is 0 Å². The maximum Gasteiger partial charge on any atom is 0.0929 e. The molecule has 0 aromatic carbocycles. The molecule has 2 fully saturated rings. The number of piperidine rings is 1. The van der Waals surface area contributed by atoms with Crippen LogP contribution in [0.4, 0.5) is 0 Å². The van der Waals surface area contributed by atoms with Crippen LogP contribution >= 0.6 is 0 Å². The number of hydrogen-bond donors (Lipinski definition) is 3. The summed E-state index contributed by atoms with van der Waals surface area (Å²) in [6.07, 6.45) is 10.9. The van der Waals surface area contributed by atoms with Crippen molar-refractivity contribution in [2.45, 2.75) is 50.7 Å². The van der Waals surface area contributed by atoms with Crippen LogP contribution in [0.1, 0.15) is 50.2 Å². The summed E-state index contributed by atoms with van der Waals surface area (Å²) in [5.41, 5.74) is 1.52. The molecule has 0 amide bonds. The van der Waals surface area contributed by atoms with Gasteiger partial charge in [0.25, 0.3) is 0 Å². The molecule has 1 aliphatic carbocycles. The second kappa shape index (κ2) is 6.86. The summed E-state index contributed by atoms with van der Waals surface area (Å²) in [4.78, 5) is 4.06. The third kappa shape index (κ3) is 3.82. The van der Waals surface area contributed by atoms with Gasteiger partial charge < -0.3 is 15.7 Å². The molecule has 0 radical (unpaired) electrons. The smallest absolute Gasteiger partial charge is 0.0929 e. The highest BCUT2D eigenvalue weighted by Gasteiger charge is 2.35. The summed E-state index contributed by atoms with van der Waals surface area (Å²) in [6, 6.07) is 4.38. The van der Waals surface area contributed by atoms with E-state index in [1.807, 2.05) is 12.1 Å². The fourth-order valence-corrected chi connectivity index (χ4v) is 3.86. The Morgan fingerprint density at radius 3 is 2.71 bits per heavy atom. The Bertz CT molecular complexity index is 421. The first-order valence-corrected chi connectivity index (χ1v) is 8.30. The van der Waals surface area contributed by atoms with Crippen molar-refractivity contribution in [1.29, 1.82) is 0 Å². The number of hydrogen-bond acceptors (Lipinski definition) is 4. The number of rotatable bonds is 4. The van der Waals surface area contributed by atoms with E-state index in [2.05, 4.69) is 15.6 Å². The summed E-state index contributed by atoms with van der Waals surface area (Å²) >= 11 is 0. The average molecular weight is 289 g/mol. The van der Waals surface area contributed by atoms with Gasteiger partial charge in [-0.2, -0.15) is 0 Å². The highest BCUT2D eigenvalue weighted by atomic mass is 16.3. The van der Waals surface area contributed by atoms with Crippen LogP contribution in [0.2, 0.25) is 0 Å². The predicted octanol–water partition coefficient (Wildman–Crippen LogP) is 2.02. The molecule has 1 saturated heterocycles. The molecule has 1 aromatic rings. The quantitative estimate of drug-likeness (QED) is 0.794. The van der Waals surface area contributed by atoms with Gasteiger partial charge in [-0.05, 0) is 63.1 Å². The Morgan fingerprint density at radius 2 is 2.05 bits per heavy atom. The molecule has 1 spiro atoms. The lowest BCUT2D eigenvalue weighted by atomic mass is 9.67. The molecule has 1 aliphatic heterocycles. The van der Waals surface area contributed by atoms with Crippen LogP contribution in [0.25, 0.3) is 0 Å². The van der Waals surface area contributed by atoms with E-state index < -0.39 is 6.10 Å². The van der Waals surface area contributed by atoms with Crippen LogP contribution in [0.3, 0.4) is 0 Å². The topological polar surface area (TPSA) is 57.2 Å². The lowest BCUT2D eigenvalue weighted by Gasteiger charge is -2.43. The average Bonchev–Trinajstić information content (AvgIpc) is 2.56. The van der Waals surface area contributed by atoms with Crippen molar-refractivity contribution in [1.82, 2.24) is 15.6 Å². The highest BCUT2D eigenvalue weighted by Crippen LogP contribution is 2.43. The minimum Gasteiger partial charge on any atom is -0.387 e. The minimum atomic E-state index is -0.450. The van der Waals surface area contributed by atoms with Crippen LogP contribution in [0, 0.1) is 5.41 Å². The second-order valence-corrected chi connectivity index (χ2v) is 6.73. The molecule has 3 rings (SSSR count). The van der Waals surface area contributed by atoms with Gasteiger partial charge in [-0.1, -0.05) is 6.07 Å². The molecule has 4 heteroatoms. The standard InChI is InChI=1S/C17H27N3O/c21-16(14-2-1-9-19-12-14)13-20-15-3-5-17(6-4-15)7-10-18-11-8-17/h1-2,9,12,15-16,18,20-21H,3-8,10-11,13H2/t16-/m0/s1. The van der Waals surface area contributed by atoms with Crippen LogP contribution in [-0.4, -0.2) is 35.8 Å². The summed E-state index contributed by atoms with van der Waals surface area (Å²) < 4.78 is 0. The van der Waals surface area contributed by atoms with Crippen molar-refractivity contribution in [2.24, 2.45) is 5.41 Å². The molecule has 3 N–H and O–H groups in total. The molecule has 2 heterocycles. The van der Waals surface area contributed by atoms with Gasteiger partial charge in [-0.25, -0.2) is 0 Å².